The molecule has 0 atom stereocenters. The lowest BCUT2D eigenvalue weighted by Gasteiger charge is -2.04. The maximum absolute atomic E-state index is 11.3. The van der Waals surface area contributed by atoms with Crippen molar-refractivity contribution in [2.45, 2.75) is 0 Å². The number of ketones is 1. The maximum atomic E-state index is 11.3. The van der Waals surface area contributed by atoms with Gasteiger partial charge in [-0.25, -0.2) is 0 Å². The quantitative estimate of drug-likeness (QED) is 0.457. The summed E-state index contributed by atoms with van der Waals surface area (Å²) in [7, 11) is 0. The van der Waals surface area contributed by atoms with Gasteiger partial charge in [-0.2, -0.15) is 0 Å². The van der Waals surface area contributed by atoms with Crippen LogP contribution in [0.15, 0.2) is 36.4 Å². The number of phenols is 1. The fourth-order valence-electron chi connectivity index (χ4n) is 1.59. The molecule has 15 heavy (non-hydrogen) atoms. The fraction of sp³-hybridized carbons (Fsp3) is 0. The third-order valence-corrected chi connectivity index (χ3v) is 2.26. The number of fused-ring (bicyclic) bond motifs is 1. The Labute approximate surface area is 86.0 Å². The molecule has 0 unspecified atom stereocenters. The Morgan fingerprint density at radius 1 is 1.13 bits per heavy atom. The van der Waals surface area contributed by atoms with Gasteiger partial charge in [-0.3, -0.25) is 9.59 Å². The predicted octanol–water partition coefficient (Wildman–Crippen LogP) is 1.93. The molecule has 0 fully saturated rings. The molecule has 0 aliphatic heterocycles. The summed E-state index contributed by atoms with van der Waals surface area (Å²) in [5.74, 6) is -0.611. The lowest BCUT2D eigenvalue weighted by atomic mass is 10.0. The largest absolute Gasteiger partial charge is 0.507 e. The molecule has 0 saturated heterocycles. The monoisotopic (exact) mass is 200 g/mol. The van der Waals surface area contributed by atoms with E-state index in [4.69, 9.17) is 0 Å². The van der Waals surface area contributed by atoms with Gasteiger partial charge in [-0.1, -0.05) is 30.3 Å². The van der Waals surface area contributed by atoms with E-state index in [2.05, 4.69) is 0 Å². The average molecular weight is 200 g/mol. The minimum Gasteiger partial charge on any atom is -0.507 e. The molecule has 0 aliphatic rings. The zero-order chi connectivity index (χ0) is 10.8. The Hall–Kier alpha value is -2.16. The molecular weight excluding hydrogens is 192 g/mol. The Morgan fingerprint density at radius 2 is 1.80 bits per heavy atom. The second-order valence-electron chi connectivity index (χ2n) is 3.16. The molecule has 1 N–H and O–H groups in total. The molecule has 0 aliphatic carbocycles. The number of carbonyl (C=O) groups is 2. The first kappa shape index (κ1) is 9.40. The van der Waals surface area contributed by atoms with E-state index in [0.717, 1.165) is 5.39 Å². The van der Waals surface area contributed by atoms with Crippen molar-refractivity contribution in [3.05, 3.63) is 42.0 Å². The van der Waals surface area contributed by atoms with E-state index in [0.29, 0.717) is 5.39 Å². The summed E-state index contributed by atoms with van der Waals surface area (Å²) in [5, 5.41) is 10.8. The van der Waals surface area contributed by atoms with Crippen molar-refractivity contribution in [3.8, 4) is 5.75 Å². The number of carbonyl (C=O) groups excluding carboxylic acids is 2. The number of rotatable bonds is 2. The van der Waals surface area contributed by atoms with Gasteiger partial charge < -0.3 is 5.11 Å². The first-order chi connectivity index (χ1) is 7.24. The number of benzene rings is 2. The van der Waals surface area contributed by atoms with E-state index in [9.17, 15) is 14.7 Å². The van der Waals surface area contributed by atoms with Crippen molar-refractivity contribution >= 4 is 22.8 Å². The van der Waals surface area contributed by atoms with Gasteiger partial charge in [0.25, 0.3) is 0 Å². The average Bonchev–Trinajstić information content (AvgIpc) is 2.28. The molecule has 0 amide bonds. The van der Waals surface area contributed by atoms with Crippen molar-refractivity contribution < 1.29 is 14.7 Å². The van der Waals surface area contributed by atoms with E-state index in [1.807, 2.05) is 0 Å². The number of phenolic OH excluding ortho intramolecular Hbond substituents is 1. The Bertz CT molecular complexity index is 538. The number of Topliss-reactive ketones (excluding diaryl/α,β-unsaturated/α-hetero) is 1. The maximum Gasteiger partial charge on any atom is 0.226 e. The Kier molecular flexibility index (Phi) is 2.21. The molecule has 0 aromatic heterocycles. The molecule has 0 radical (unpaired) electrons. The molecule has 2 rings (SSSR count). The van der Waals surface area contributed by atoms with Crippen molar-refractivity contribution in [3.63, 3.8) is 0 Å². The highest BCUT2D eigenvalue weighted by Crippen LogP contribution is 2.27. The van der Waals surface area contributed by atoms with Crippen LogP contribution in [0.1, 0.15) is 10.4 Å². The summed E-state index contributed by atoms with van der Waals surface area (Å²) in [4.78, 5) is 21.7. The van der Waals surface area contributed by atoms with Gasteiger partial charge in [0, 0.05) is 10.9 Å². The van der Waals surface area contributed by atoms with Crippen LogP contribution >= 0.6 is 0 Å². The fourth-order valence-corrected chi connectivity index (χ4v) is 1.59. The molecule has 2 aromatic rings. The van der Waals surface area contributed by atoms with Crippen LogP contribution < -0.4 is 0 Å². The van der Waals surface area contributed by atoms with Gasteiger partial charge in [0.15, 0.2) is 6.29 Å². The highest BCUT2D eigenvalue weighted by atomic mass is 16.3. The van der Waals surface area contributed by atoms with Crippen LogP contribution in [0.5, 0.6) is 5.75 Å². The molecule has 3 nitrogen and oxygen atoms in total. The summed E-state index contributed by atoms with van der Waals surface area (Å²) in [6.45, 7) is 0. The van der Waals surface area contributed by atoms with Crippen molar-refractivity contribution in [2.75, 3.05) is 0 Å². The van der Waals surface area contributed by atoms with Crippen LogP contribution in [0, 0.1) is 0 Å². The van der Waals surface area contributed by atoms with E-state index in [1.165, 1.54) is 12.1 Å². The molecule has 0 bridgehead atoms. The van der Waals surface area contributed by atoms with Crippen LogP contribution in [0.3, 0.4) is 0 Å². The van der Waals surface area contributed by atoms with Gasteiger partial charge in [-0.15, -0.1) is 0 Å². The second-order valence-corrected chi connectivity index (χ2v) is 3.16. The number of hydrogen-bond donors (Lipinski definition) is 1. The molecule has 0 saturated carbocycles. The summed E-state index contributed by atoms with van der Waals surface area (Å²) in [6.07, 6.45) is 0.251. The van der Waals surface area contributed by atoms with Gasteiger partial charge >= 0.3 is 0 Å². The Balaban J connectivity index is 2.85. The lowest BCUT2D eigenvalue weighted by Crippen LogP contribution is -2.00. The highest BCUT2D eigenvalue weighted by Gasteiger charge is 2.11. The summed E-state index contributed by atoms with van der Waals surface area (Å²) in [5.41, 5.74) is 0.237. The summed E-state index contributed by atoms with van der Waals surface area (Å²) >= 11 is 0. The van der Waals surface area contributed by atoms with Crippen molar-refractivity contribution in [1.82, 2.24) is 0 Å². The van der Waals surface area contributed by atoms with Crippen molar-refractivity contribution in [2.24, 2.45) is 0 Å². The smallest absolute Gasteiger partial charge is 0.226 e. The zero-order valence-electron chi connectivity index (χ0n) is 7.81. The van der Waals surface area contributed by atoms with E-state index < -0.39 is 5.78 Å². The van der Waals surface area contributed by atoms with Gasteiger partial charge in [-0.05, 0) is 11.5 Å². The molecule has 2 aromatic carbocycles. The third kappa shape index (κ3) is 1.48. The summed E-state index contributed by atoms with van der Waals surface area (Å²) < 4.78 is 0. The van der Waals surface area contributed by atoms with Crippen LogP contribution in [-0.2, 0) is 4.79 Å². The highest BCUT2D eigenvalue weighted by molar-refractivity contribution is 6.36. The van der Waals surface area contributed by atoms with Crippen LogP contribution in [0.2, 0.25) is 0 Å². The zero-order valence-corrected chi connectivity index (χ0v) is 7.81. The standard InChI is InChI=1S/C12H8O3/c13-7-11(15)9-5-1-3-8-4-2-6-10(14)12(8)9/h1-7,14H. The van der Waals surface area contributed by atoms with Gasteiger partial charge in [0.05, 0.1) is 0 Å². The van der Waals surface area contributed by atoms with Crippen molar-refractivity contribution in [1.29, 1.82) is 0 Å². The molecule has 0 spiro atoms. The van der Waals surface area contributed by atoms with E-state index in [-0.39, 0.29) is 17.6 Å². The van der Waals surface area contributed by atoms with Crippen LogP contribution in [-0.4, -0.2) is 17.2 Å². The van der Waals surface area contributed by atoms with Crippen LogP contribution in [0.4, 0.5) is 0 Å². The second kappa shape index (κ2) is 3.53. The van der Waals surface area contributed by atoms with E-state index >= 15 is 0 Å². The number of aldehydes is 1. The SMILES string of the molecule is O=CC(=O)c1cccc2cccc(O)c12. The normalized spacial score (nSPS) is 10.1. The third-order valence-electron chi connectivity index (χ3n) is 2.26. The lowest BCUT2D eigenvalue weighted by molar-refractivity contribution is -0.104. The first-order valence-electron chi connectivity index (χ1n) is 4.44. The first-order valence-corrected chi connectivity index (χ1v) is 4.44. The van der Waals surface area contributed by atoms with Gasteiger partial charge in [0.1, 0.15) is 5.75 Å². The molecule has 74 valence electrons. The molecular formula is C12H8O3. The van der Waals surface area contributed by atoms with E-state index in [1.54, 1.807) is 24.3 Å². The minimum absolute atomic E-state index is 0.0123. The molecule has 0 heterocycles. The number of hydrogen-bond acceptors (Lipinski definition) is 3. The summed E-state index contributed by atoms with van der Waals surface area (Å²) in [6, 6.07) is 9.93. The number of aromatic hydroxyl groups is 1. The van der Waals surface area contributed by atoms with Crippen LogP contribution in [0.25, 0.3) is 10.8 Å². The molecule has 3 heteroatoms. The minimum atomic E-state index is -0.623. The Morgan fingerprint density at radius 3 is 2.47 bits per heavy atom. The predicted molar refractivity (Wildman–Crippen MR) is 56.0 cm³/mol. The topological polar surface area (TPSA) is 54.4 Å². The van der Waals surface area contributed by atoms with Gasteiger partial charge in [0.2, 0.25) is 5.78 Å².